The Hall–Kier alpha value is -2.69. The molecule has 0 radical (unpaired) electrons. The molecule has 2 amide bonds. The highest BCUT2D eigenvalue weighted by Crippen LogP contribution is 2.19. The van der Waals surface area contributed by atoms with Gasteiger partial charge in [-0.1, -0.05) is 39.0 Å². The van der Waals surface area contributed by atoms with Crippen molar-refractivity contribution in [1.29, 1.82) is 0 Å². The normalized spacial score (nSPS) is 11.1. The van der Waals surface area contributed by atoms with E-state index < -0.39 is 5.41 Å². The maximum absolute atomic E-state index is 13.0. The third kappa shape index (κ3) is 5.14. The number of halogens is 1. The number of nitrogens with one attached hydrogen (secondary N) is 1. The van der Waals surface area contributed by atoms with Crippen molar-refractivity contribution in [3.63, 3.8) is 0 Å². The molecule has 2 aromatic rings. The topological polar surface area (TPSA) is 49.4 Å². The molecule has 1 N–H and O–H groups in total. The minimum atomic E-state index is -0.514. The summed E-state index contributed by atoms with van der Waals surface area (Å²) in [7, 11) is 1.69. The van der Waals surface area contributed by atoms with E-state index in [1.807, 2.05) is 20.8 Å². The molecule has 5 heteroatoms. The summed E-state index contributed by atoms with van der Waals surface area (Å²) >= 11 is 0. The fourth-order valence-electron chi connectivity index (χ4n) is 2.20. The largest absolute Gasteiger partial charge is 0.337 e. The second kappa shape index (κ2) is 7.47. The van der Waals surface area contributed by atoms with Gasteiger partial charge < -0.3 is 10.2 Å². The van der Waals surface area contributed by atoms with Gasteiger partial charge in [0.25, 0.3) is 5.91 Å². The van der Waals surface area contributed by atoms with Crippen LogP contribution in [0, 0.1) is 11.2 Å². The Kier molecular flexibility index (Phi) is 5.57. The van der Waals surface area contributed by atoms with Crippen LogP contribution in [0.25, 0.3) is 0 Å². The average Bonchev–Trinajstić information content (AvgIpc) is 2.55. The highest BCUT2D eigenvalue weighted by atomic mass is 19.1. The van der Waals surface area contributed by atoms with Crippen LogP contribution in [-0.2, 0) is 11.3 Å². The van der Waals surface area contributed by atoms with E-state index in [1.165, 1.54) is 12.1 Å². The number of hydrogen-bond donors (Lipinski definition) is 1. The van der Waals surface area contributed by atoms with E-state index in [9.17, 15) is 14.0 Å². The van der Waals surface area contributed by atoms with Gasteiger partial charge in [-0.3, -0.25) is 9.59 Å². The first-order chi connectivity index (χ1) is 11.7. The number of benzene rings is 2. The zero-order chi connectivity index (χ0) is 18.6. The van der Waals surface area contributed by atoms with Crippen molar-refractivity contribution < 1.29 is 14.0 Å². The average molecular weight is 342 g/mol. The van der Waals surface area contributed by atoms with Crippen LogP contribution in [0.15, 0.2) is 48.5 Å². The van der Waals surface area contributed by atoms with E-state index in [4.69, 9.17) is 0 Å². The van der Waals surface area contributed by atoms with E-state index in [0.717, 1.165) is 5.56 Å². The smallest absolute Gasteiger partial charge is 0.253 e. The van der Waals surface area contributed by atoms with E-state index in [-0.39, 0.29) is 17.6 Å². The second-order valence-corrected chi connectivity index (χ2v) is 7.07. The molecule has 2 aromatic carbocycles. The highest BCUT2D eigenvalue weighted by molar-refractivity contribution is 5.98. The molecule has 0 spiro atoms. The van der Waals surface area contributed by atoms with Crippen LogP contribution in [0.4, 0.5) is 10.1 Å². The molecule has 4 nitrogen and oxygen atoms in total. The van der Waals surface area contributed by atoms with Gasteiger partial charge in [0.1, 0.15) is 5.82 Å². The summed E-state index contributed by atoms with van der Waals surface area (Å²) in [5.41, 5.74) is 1.39. The van der Waals surface area contributed by atoms with Gasteiger partial charge in [0, 0.05) is 30.3 Å². The SMILES string of the molecule is CN(Cc1ccc(F)cc1)C(=O)c1cccc(NC(=O)C(C)(C)C)c1. The Balaban J connectivity index is 2.09. The summed E-state index contributed by atoms with van der Waals surface area (Å²) in [6.07, 6.45) is 0. The minimum absolute atomic E-state index is 0.114. The molecule has 0 bridgehead atoms. The highest BCUT2D eigenvalue weighted by Gasteiger charge is 2.21. The summed E-state index contributed by atoms with van der Waals surface area (Å²) < 4.78 is 13.0. The van der Waals surface area contributed by atoms with Crippen LogP contribution in [0.1, 0.15) is 36.7 Å². The quantitative estimate of drug-likeness (QED) is 0.910. The standard InChI is InChI=1S/C20H23FN2O2/c1-20(2,3)19(25)22-17-7-5-6-15(12-17)18(24)23(4)13-14-8-10-16(21)11-9-14/h5-12H,13H2,1-4H3,(H,22,25). The Labute approximate surface area is 147 Å². The number of amides is 2. The van der Waals surface area contributed by atoms with Crippen LogP contribution in [-0.4, -0.2) is 23.8 Å². The number of anilines is 1. The van der Waals surface area contributed by atoms with Gasteiger partial charge in [0.15, 0.2) is 0 Å². The van der Waals surface area contributed by atoms with Crippen LogP contribution < -0.4 is 5.32 Å². The maximum Gasteiger partial charge on any atom is 0.253 e. The lowest BCUT2D eigenvalue weighted by molar-refractivity contribution is -0.123. The molecule has 0 heterocycles. The van der Waals surface area contributed by atoms with E-state index in [0.29, 0.717) is 17.8 Å². The third-order valence-electron chi connectivity index (χ3n) is 3.73. The van der Waals surface area contributed by atoms with Gasteiger partial charge in [-0.15, -0.1) is 0 Å². The first kappa shape index (κ1) is 18.6. The minimum Gasteiger partial charge on any atom is -0.337 e. The zero-order valence-electron chi connectivity index (χ0n) is 15.0. The maximum atomic E-state index is 13.0. The molecule has 132 valence electrons. The monoisotopic (exact) mass is 342 g/mol. The Morgan fingerprint density at radius 3 is 2.32 bits per heavy atom. The van der Waals surface area contributed by atoms with Crippen LogP contribution in [0.3, 0.4) is 0 Å². The number of nitrogens with zero attached hydrogens (tertiary/aromatic N) is 1. The predicted molar refractivity (Wildman–Crippen MR) is 96.7 cm³/mol. The summed E-state index contributed by atoms with van der Waals surface area (Å²) in [6, 6.07) is 12.9. The molecule has 0 aromatic heterocycles. The molecule has 0 saturated carbocycles. The molecule has 0 saturated heterocycles. The third-order valence-corrected chi connectivity index (χ3v) is 3.73. The van der Waals surface area contributed by atoms with Crippen molar-refractivity contribution in [3.8, 4) is 0 Å². The van der Waals surface area contributed by atoms with Crippen molar-refractivity contribution in [1.82, 2.24) is 4.90 Å². The van der Waals surface area contributed by atoms with Crippen LogP contribution >= 0.6 is 0 Å². The lowest BCUT2D eigenvalue weighted by Crippen LogP contribution is -2.28. The van der Waals surface area contributed by atoms with Crippen molar-refractivity contribution in [2.24, 2.45) is 5.41 Å². The van der Waals surface area contributed by atoms with Crippen molar-refractivity contribution >= 4 is 17.5 Å². The second-order valence-electron chi connectivity index (χ2n) is 7.07. The van der Waals surface area contributed by atoms with Gasteiger partial charge in [0.05, 0.1) is 0 Å². The van der Waals surface area contributed by atoms with Gasteiger partial charge >= 0.3 is 0 Å². The van der Waals surface area contributed by atoms with Gasteiger partial charge in [0.2, 0.25) is 5.91 Å². The van der Waals surface area contributed by atoms with Gasteiger partial charge in [-0.2, -0.15) is 0 Å². The summed E-state index contributed by atoms with van der Waals surface area (Å²) in [5, 5.41) is 2.82. The summed E-state index contributed by atoms with van der Waals surface area (Å²) in [6.45, 7) is 5.85. The van der Waals surface area contributed by atoms with E-state index in [2.05, 4.69) is 5.32 Å². The molecule has 25 heavy (non-hydrogen) atoms. The van der Waals surface area contributed by atoms with E-state index in [1.54, 1.807) is 48.3 Å². The van der Waals surface area contributed by atoms with Gasteiger partial charge in [-0.25, -0.2) is 4.39 Å². The zero-order valence-corrected chi connectivity index (χ0v) is 15.0. The molecular formula is C20H23FN2O2. The number of hydrogen-bond acceptors (Lipinski definition) is 2. The fraction of sp³-hybridized carbons (Fsp3) is 0.300. The molecule has 0 aliphatic rings. The van der Waals surface area contributed by atoms with E-state index >= 15 is 0 Å². The van der Waals surface area contributed by atoms with Crippen molar-refractivity contribution in [2.45, 2.75) is 27.3 Å². The van der Waals surface area contributed by atoms with Crippen LogP contribution in [0.5, 0.6) is 0 Å². The Bertz CT molecular complexity index is 764. The lowest BCUT2D eigenvalue weighted by atomic mass is 9.95. The first-order valence-electron chi connectivity index (χ1n) is 8.08. The Morgan fingerprint density at radius 2 is 1.72 bits per heavy atom. The molecule has 0 atom stereocenters. The fourth-order valence-corrected chi connectivity index (χ4v) is 2.20. The molecule has 0 unspecified atom stereocenters. The number of carbonyl (C=O) groups excluding carboxylic acids is 2. The molecular weight excluding hydrogens is 319 g/mol. The van der Waals surface area contributed by atoms with Gasteiger partial charge in [-0.05, 0) is 35.9 Å². The van der Waals surface area contributed by atoms with Crippen LogP contribution in [0.2, 0.25) is 0 Å². The molecule has 0 aliphatic carbocycles. The molecule has 0 aliphatic heterocycles. The molecule has 0 fully saturated rings. The first-order valence-corrected chi connectivity index (χ1v) is 8.08. The predicted octanol–water partition coefficient (Wildman–Crippen LogP) is 4.08. The van der Waals surface area contributed by atoms with Crippen molar-refractivity contribution in [3.05, 3.63) is 65.5 Å². The lowest BCUT2D eigenvalue weighted by Gasteiger charge is -2.19. The number of carbonyl (C=O) groups is 2. The summed E-state index contributed by atoms with van der Waals surface area (Å²) in [4.78, 5) is 26.2. The summed E-state index contributed by atoms with van der Waals surface area (Å²) in [5.74, 6) is -0.590. The molecule has 2 rings (SSSR count). The van der Waals surface area contributed by atoms with Crippen molar-refractivity contribution in [2.75, 3.05) is 12.4 Å². The number of rotatable bonds is 4. The Morgan fingerprint density at radius 1 is 1.08 bits per heavy atom.